The molecule has 0 aromatic heterocycles. The predicted octanol–water partition coefficient (Wildman–Crippen LogP) is 4.46. The third-order valence-corrected chi connectivity index (χ3v) is 5.39. The largest absolute Gasteiger partial charge is 0.355 e. The van der Waals surface area contributed by atoms with Gasteiger partial charge in [-0.25, -0.2) is 0 Å². The highest BCUT2D eigenvalue weighted by molar-refractivity contribution is 7.98. The first-order valence-corrected chi connectivity index (χ1v) is 9.93. The molecule has 0 atom stereocenters. The van der Waals surface area contributed by atoms with E-state index in [1.54, 1.807) is 61.3 Å². The molecule has 0 saturated carbocycles. The van der Waals surface area contributed by atoms with Gasteiger partial charge in [-0.1, -0.05) is 24.3 Å². The summed E-state index contributed by atoms with van der Waals surface area (Å²) in [5.74, 6) is 0.310. The van der Waals surface area contributed by atoms with Crippen molar-refractivity contribution in [2.24, 2.45) is 0 Å². The van der Waals surface area contributed by atoms with Crippen LogP contribution in [0.3, 0.4) is 0 Å². The predicted molar refractivity (Wildman–Crippen MR) is 115 cm³/mol. The zero-order chi connectivity index (χ0) is 20.6. The fourth-order valence-electron chi connectivity index (χ4n) is 2.66. The van der Waals surface area contributed by atoms with Crippen molar-refractivity contribution < 1.29 is 9.59 Å². The van der Waals surface area contributed by atoms with Gasteiger partial charge in [0.05, 0.1) is 17.2 Å². The van der Waals surface area contributed by atoms with Gasteiger partial charge in [0.15, 0.2) is 0 Å². The second-order valence-electron chi connectivity index (χ2n) is 6.20. The molecular weight excluding hydrogens is 382 g/mol. The first-order valence-electron chi connectivity index (χ1n) is 8.95. The summed E-state index contributed by atoms with van der Waals surface area (Å²) in [6.07, 6.45) is 0. The summed E-state index contributed by atoms with van der Waals surface area (Å²) in [5.41, 5.74) is 3.44. The highest BCUT2D eigenvalue weighted by atomic mass is 32.2. The first-order chi connectivity index (χ1) is 14.1. The molecule has 29 heavy (non-hydrogen) atoms. The van der Waals surface area contributed by atoms with Crippen LogP contribution in [-0.2, 0) is 5.75 Å². The zero-order valence-electron chi connectivity index (χ0n) is 15.8. The average molecular weight is 401 g/mol. The van der Waals surface area contributed by atoms with Crippen molar-refractivity contribution in [1.82, 2.24) is 5.32 Å². The van der Waals surface area contributed by atoms with E-state index in [4.69, 9.17) is 5.26 Å². The molecule has 0 heterocycles. The van der Waals surface area contributed by atoms with Gasteiger partial charge in [0.2, 0.25) is 0 Å². The average Bonchev–Trinajstić information content (AvgIpc) is 2.78. The Morgan fingerprint density at radius 3 is 2.28 bits per heavy atom. The van der Waals surface area contributed by atoms with E-state index in [-0.39, 0.29) is 11.8 Å². The SMILES string of the molecule is CNC(=O)c1ccc(NC(=O)c2ccccc2SCc2ccc(C#N)cc2)cc1. The Morgan fingerprint density at radius 2 is 1.62 bits per heavy atom. The van der Waals surface area contributed by atoms with Crippen molar-refractivity contribution in [2.75, 3.05) is 12.4 Å². The summed E-state index contributed by atoms with van der Waals surface area (Å²) in [4.78, 5) is 25.3. The molecule has 3 rings (SSSR count). The lowest BCUT2D eigenvalue weighted by atomic mass is 10.1. The van der Waals surface area contributed by atoms with Crippen molar-refractivity contribution in [3.05, 3.63) is 95.1 Å². The monoisotopic (exact) mass is 401 g/mol. The van der Waals surface area contributed by atoms with Crippen molar-refractivity contribution in [3.8, 4) is 6.07 Å². The molecule has 2 amide bonds. The minimum absolute atomic E-state index is 0.174. The maximum Gasteiger partial charge on any atom is 0.256 e. The molecule has 0 aliphatic heterocycles. The van der Waals surface area contributed by atoms with Crippen molar-refractivity contribution in [3.63, 3.8) is 0 Å². The molecule has 0 spiro atoms. The number of nitriles is 1. The number of anilines is 1. The van der Waals surface area contributed by atoms with E-state index in [0.29, 0.717) is 28.1 Å². The van der Waals surface area contributed by atoms with Gasteiger partial charge in [0, 0.05) is 28.9 Å². The summed E-state index contributed by atoms with van der Waals surface area (Å²) in [5, 5.41) is 14.3. The lowest BCUT2D eigenvalue weighted by Gasteiger charge is -2.10. The molecule has 2 N–H and O–H groups in total. The van der Waals surface area contributed by atoms with E-state index in [2.05, 4.69) is 16.7 Å². The standard InChI is InChI=1S/C23H19N3O2S/c1-25-22(27)18-10-12-19(13-11-18)26-23(28)20-4-2-3-5-21(20)29-15-17-8-6-16(14-24)7-9-17/h2-13H,15H2,1H3,(H,25,27)(H,26,28). The minimum atomic E-state index is -0.208. The lowest BCUT2D eigenvalue weighted by Crippen LogP contribution is -2.18. The van der Waals surface area contributed by atoms with Crippen LogP contribution in [0.5, 0.6) is 0 Å². The number of nitrogens with zero attached hydrogens (tertiary/aromatic N) is 1. The Bertz CT molecular complexity index is 1050. The maximum atomic E-state index is 12.8. The topological polar surface area (TPSA) is 82.0 Å². The summed E-state index contributed by atoms with van der Waals surface area (Å²) in [6.45, 7) is 0. The Kier molecular flexibility index (Phi) is 6.67. The molecule has 0 saturated heterocycles. The van der Waals surface area contributed by atoms with Gasteiger partial charge < -0.3 is 10.6 Å². The Balaban J connectivity index is 1.69. The number of benzene rings is 3. The number of carbonyl (C=O) groups excluding carboxylic acids is 2. The van der Waals surface area contributed by atoms with Gasteiger partial charge in [0.25, 0.3) is 11.8 Å². The molecule has 0 bridgehead atoms. The molecule has 0 fully saturated rings. The molecule has 3 aromatic rings. The number of rotatable bonds is 6. The summed E-state index contributed by atoms with van der Waals surface area (Å²) in [6, 6.07) is 23.7. The van der Waals surface area contributed by atoms with Crippen LogP contribution in [0.4, 0.5) is 5.69 Å². The van der Waals surface area contributed by atoms with Gasteiger partial charge in [-0.3, -0.25) is 9.59 Å². The quantitative estimate of drug-likeness (QED) is 0.598. The van der Waals surface area contributed by atoms with Gasteiger partial charge in [-0.2, -0.15) is 5.26 Å². The van der Waals surface area contributed by atoms with E-state index in [9.17, 15) is 9.59 Å². The van der Waals surface area contributed by atoms with E-state index >= 15 is 0 Å². The molecule has 0 aliphatic rings. The van der Waals surface area contributed by atoms with Gasteiger partial charge in [-0.05, 0) is 54.1 Å². The summed E-state index contributed by atoms with van der Waals surface area (Å²) >= 11 is 1.57. The molecule has 3 aromatic carbocycles. The highest BCUT2D eigenvalue weighted by Gasteiger charge is 2.12. The molecule has 144 valence electrons. The molecule has 0 aliphatic carbocycles. The third kappa shape index (κ3) is 5.24. The lowest BCUT2D eigenvalue weighted by molar-refractivity contribution is 0.0962. The maximum absolute atomic E-state index is 12.8. The molecule has 6 heteroatoms. The van der Waals surface area contributed by atoms with E-state index in [1.165, 1.54) is 0 Å². The van der Waals surface area contributed by atoms with Crippen LogP contribution in [0, 0.1) is 11.3 Å². The van der Waals surface area contributed by atoms with Crippen LogP contribution in [0.15, 0.2) is 77.7 Å². The van der Waals surface area contributed by atoms with Crippen molar-refractivity contribution >= 4 is 29.3 Å². The zero-order valence-corrected chi connectivity index (χ0v) is 16.6. The number of amides is 2. The smallest absolute Gasteiger partial charge is 0.256 e. The Hall–Kier alpha value is -3.56. The van der Waals surface area contributed by atoms with Crippen LogP contribution < -0.4 is 10.6 Å². The normalized spacial score (nSPS) is 10.1. The number of hydrogen-bond donors (Lipinski definition) is 2. The van der Waals surface area contributed by atoms with Gasteiger partial charge >= 0.3 is 0 Å². The molecular formula is C23H19N3O2S. The number of nitrogens with one attached hydrogen (secondary N) is 2. The van der Waals surface area contributed by atoms with Crippen LogP contribution in [0.2, 0.25) is 0 Å². The first kappa shape index (κ1) is 20.2. The summed E-state index contributed by atoms with van der Waals surface area (Å²) in [7, 11) is 1.57. The van der Waals surface area contributed by atoms with Crippen LogP contribution >= 0.6 is 11.8 Å². The third-order valence-electron chi connectivity index (χ3n) is 4.24. The van der Waals surface area contributed by atoms with Gasteiger partial charge in [0.1, 0.15) is 0 Å². The molecule has 0 radical (unpaired) electrons. The van der Waals surface area contributed by atoms with Crippen molar-refractivity contribution in [1.29, 1.82) is 5.26 Å². The van der Waals surface area contributed by atoms with Crippen LogP contribution in [0.25, 0.3) is 0 Å². The molecule has 0 unspecified atom stereocenters. The highest BCUT2D eigenvalue weighted by Crippen LogP contribution is 2.27. The summed E-state index contributed by atoms with van der Waals surface area (Å²) < 4.78 is 0. The second kappa shape index (κ2) is 9.58. The number of hydrogen-bond acceptors (Lipinski definition) is 4. The fraction of sp³-hybridized carbons (Fsp3) is 0.0870. The second-order valence-corrected chi connectivity index (χ2v) is 7.22. The fourth-order valence-corrected chi connectivity index (χ4v) is 3.67. The number of thioether (sulfide) groups is 1. The van der Waals surface area contributed by atoms with E-state index < -0.39 is 0 Å². The Morgan fingerprint density at radius 1 is 0.931 bits per heavy atom. The van der Waals surface area contributed by atoms with Gasteiger partial charge in [-0.15, -0.1) is 11.8 Å². The van der Waals surface area contributed by atoms with Crippen LogP contribution in [0.1, 0.15) is 31.8 Å². The minimum Gasteiger partial charge on any atom is -0.355 e. The number of carbonyl (C=O) groups is 2. The van der Waals surface area contributed by atoms with Crippen molar-refractivity contribution in [2.45, 2.75) is 10.6 Å². The Labute approximate surface area is 173 Å². The van der Waals surface area contributed by atoms with E-state index in [1.807, 2.05) is 30.3 Å². The molecule has 5 nitrogen and oxygen atoms in total. The van der Waals surface area contributed by atoms with E-state index in [0.717, 1.165) is 10.5 Å². The van der Waals surface area contributed by atoms with Crippen LogP contribution in [-0.4, -0.2) is 18.9 Å².